The van der Waals surface area contributed by atoms with Crippen LogP contribution in [0.5, 0.6) is 0 Å². The molecule has 0 radical (unpaired) electrons. The fourth-order valence-corrected chi connectivity index (χ4v) is 1.91. The van der Waals surface area contributed by atoms with Gasteiger partial charge in [0, 0.05) is 18.9 Å². The third-order valence-electron chi connectivity index (χ3n) is 3.09. The quantitative estimate of drug-likeness (QED) is 0.671. The summed E-state index contributed by atoms with van der Waals surface area (Å²) >= 11 is 0. The fraction of sp³-hybridized carbons (Fsp3) is 0.357. The second-order valence-corrected chi connectivity index (χ2v) is 5.13. The Bertz CT molecular complexity index is 629. The molecule has 0 aliphatic carbocycles. The Morgan fingerprint density at radius 1 is 1.47 bits per heavy atom. The normalized spacial score (nSPS) is 11.5. The second kappa shape index (κ2) is 4.84. The third-order valence-corrected chi connectivity index (χ3v) is 3.09. The Kier molecular flexibility index (Phi) is 3.38. The number of carbonyl (C=O) groups is 2. The highest BCUT2D eigenvalue weighted by molar-refractivity contribution is 6.23. The van der Waals surface area contributed by atoms with Crippen molar-refractivity contribution in [2.75, 3.05) is 6.54 Å². The molecule has 19 heavy (non-hydrogen) atoms. The molecule has 0 aliphatic heterocycles. The maximum Gasteiger partial charge on any atom is 0.284 e. The minimum Gasteiger partial charge on any atom is -0.441 e. The molecule has 2 rings (SSSR count). The van der Waals surface area contributed by atoms with Gasteiger partial charge in [0.1, 0.15) is 5.52 Å². The zero-order valence-corrected chi connectivity index (χ0v) is 11.2. The molecule has 0 aliphatic rings. The molecule has 0 atom stereocenters. The summed E-state index contributed by atoms with van der Waals surface area (Å²) in [5.74, 6) is 0.0175. The van der Waals surface area contributed by atoms with Crippen molar-refractivity contribution < 1.29 is 14.0 Å². The summed E-state index contributed by atoms with van der Waals surface area (Å²) < 4.78 is 5.50. The van der Waals surface area contributed by atoms with Crippen molar-refractivity contribution in [3.63, 3.8) is 0 Å². The lowest BCUT2D eigenvalue weighted by Gasteiger charge is -2.25. The van der Waals surface area contributed by atoms with Crippen molar-refractivity contribution in [2.24, 2.45) is 0 Å². The van der Waals surface area contributed by atoms with Crippen molar-refractivity contribution in [1.29, 1.82) is 0 Å². The number of oxazole rings is 1. The predicted molar refractivity (Wildman–Crippen MR) is 70.8 cm³/mol. The Balaban J connectivity index is 2.25. The van der Waals surface area contributed by atoms with Crippen molar-refractivity contribution >= 4 is 23.3 Å². The first kappa shape index (κ1) is 13.3. The first-order valence-corrected chi connectivity index (χ1v) is 6.03. The molecule has 5 heteroatoms. The Morgan fingerprint density at radius 2 is 2.21 bits per heavy atom. The van der Waals surface area contributed by atoms with E-state index in [1.54, 1.807) is 6.92 Å². The number of carbonyl (C=O) groups excluding carboxylic acids is 2. The molecule has 5 nitrogen and oxygen atoms in total. The van der Waals surface area contributed by atoms with Gasteiger partial charge in [0.05, 0.1) is 0 Å². The van der Waals surface area contributed by atoms with E-state index in [4.69, 9.17) is 4.42 Å². The van der Waals surface area contributed by atoms with E-state index in [0.29, 0.717) is 12.4 Å². The monoisotopic (exact) mass is 260 g/mol. The van der Waals surface area contributed by atoms with Gasteiger partial charge in [-0.1, -0.05) is 19.9 Å². The summed E-state index contributed by atoms with van der Waals surface area (Å²) in [5, 5.41) is 2.57. The van der Waals surface area contributed by atoms with E-state index in [-0.39, 0.29) is 11.7 Å². The molecular formula is C14H16N2O3. The van der Waals surface area contributed by atoms with Crippen molar-refractivity contribution in [2.45, 2.75) is 26.2 Å². The lowest BCUT2D eigenvalue weighted by Crippen LogP contribution is -2.37. The number of nitrogens with one attached hydrogen (secondary N) is 1. The lowest BCUT2D eigenvalue weighted by molar-refractivity contribution is -0.131. The number of benzene rings is 1. The van der Waals surface area contributed by atoms with Gasteiger partial charge in [0.2, 0.25) is 6.29 Å². The number of hydrogen-bond acceptors (Lipinski definition) is 4. The number of aryl methyl sites for hydroxylation is 1. The lowest BCUT2D eigenvalue weighted by atomic mass is 9.84. The number of rotatable bonds is 4. The van der Waals surface area contributed by atoms with Gasteiger partial charge in [0.15, 0.2) is 11.5 Å². The maximum atomic E-state index is 11.0. The largest absolute Gasteiger partial charge is 0.441 e. The number of hydrogen-bond donors (Lipinski definition) is 1. The van der Waals surface area contributed by atoms with Crippen LogP contribution in [0, 0.1) is 6.92 Å². The summed E-state index contributed by atoms with van der Waals surface area (Å²) in [7, 11) is 0. The smallest absolute Gasteiger partial charge is 0.284 e. The van der Waals surface area contributed by atoms with E-state index in [1.165, 1.54) is 0 Å². The number of amides is 1. The average Bonchev–Trinajstić information content (AvgIpc) is 2.74. The van der Waals surface area contributed by atoms with Crippen molar-refractivity contribution in [3.8, 4) is 0 Å². The van der Waals surface area contributed by atoms with Crippen LogP contribution in [-0.4, -0.2) is 23.7 Å². The molecule has 1 heterocycles. The van der Waals surface area contributed by atoms with Crippen molar-refractivity contribution in [1.82, 2.24) is 10.3 Å². The first-order chi connectivity index (χ1) is 8.92. The standard InChI is InChI=1S/C14H16N2O3/c1-9-16-11-5-4-10(6-12(11)19-9)14(2,3)8-15-13(18)7-17/h4-7H,8H2,1-3H3,(H,15,18). The summed E-state index contributed by atoms with van der Waals surface area (Å²) in [6, 6.07) is 5.77. The third kappa shape index (κ3) is 2.81. The first-order valence-electron chi connectivity index (χ1n) is 6.03. The zero-order chi connectivity index (χ0) is 14.0. The van der Waals surface area contributed by atoms with Crippen LogP contribution in [0.15, 0.2) is 22.6 Å². The van der Waals surface area contributed by atoms with Crippen LogP contribution < -0.4 is 5.32 Å². The van der Waals surface area contributed by atoms with Crippen LogP contribution in [0.2, 0.25) is 0 Å². The van der Waals surface area contributed by atoms with E-state index >= 15 is 0 Å². The molecule has 1 aromatic carbocycles. The van der Waals surface area contributed by atoms with E-state index in [0.717, 1.165) is 16.7 Å². The highest BCUT2D eigenvalue weighted by atomic mass is 16.3. The number of aromatic nitrogens is 1. The molecule has 1 amide bonds. The van der Waals surface area contributed by atoms with E-state index in [9.17, 15) is 9.59 Å². The van der Waals surface area contributed by atoms with E-state index < -0.39 is 5.91 Å². The molecule has 0 bridgehead atoms. The Morgan fingerprint density at radius 3 is 2.89 bits per heavy atom. The molecule has 1 aromatic heterocycles. The molecule has 0 fully saturated rings. The highest BCUT2D eigenvalue weighted by Gasteiger charge is 2.22. The Hall–Kier alpha value is -2.17. The SMILES string of the molecule is Cc1nc2ccc(C(C)(C)CNC(=O)C=O)cc2o1. The summed E-state index contributed by atoms with van der Waals surface area (Å²) in [5.41, 5.74) is 2.26. The van der Waals surface area contributed by atoms with Gasteiger partial charge in [-0.2, -0.15) is 0 Å². The minimum atomic E-state index is -0.607. The minimum absolute atomic E-state index is 0.277. The molecule has 100 valence electrons. The Labute approximate surface area is 111 Å². The molecule has 0 unspecified atom stereocenters. The molecule has 0 saturated carbocycles. The van der Waals surface area contributed by atoms with Gasteiger partial charge < -0.3 is 9.73 Å². The molecule has 2 aromatic rings. The van der Waals surface area contributed by atoms with Gasteiger partial charge >= 0.3 is 0 Å². The molecule has 0 spiro atoms. The number of aldehydes is 1. The van der Waals surface area contributed by atoms with Crippen LogP contribution in [0.1, 0.15) is 25.3 Å². The van der Waals surface area contributed by atoms with Gasteiger partial charge in [-0.3, -0.25) is 9.59 Å². The summed E-state index contributed by atoms with van der Waals surface area (Å²) in [6.07, 6.45) is 0.277. The van der Waals surface area contributed by atoms with Crippen LogP contribution in [0.4, 0.5) is 0 Å². The van der Waals surface area contributed by atoms with Crippen LogP contribution in [-0.2, 0) is 15.0 Å². The maximum absolute atomic E-state index is 11.0. The zero-order valence-electron chi connectivity index (χ0n) is 11.2. The van der Waals surface area contributed by atoms with E-state index in [1.807, 2.05) is 32.0 Å². The topological polar surface area (TPSA) is 72.2 Å². The second-order valence-electron chi connectivity index (χ2n) is 5.13. The molecule has 0 saturated heterocycles. The molecule has 1 N–H and O–H groups in total. The van der Waals surface area contributed by atoms with Gasteiger partial charge in [-0.25, -0.2) is 4.98 Å². The summed E-state index contributed by atoms with van der Waals surface area (Å²) in [6.45, 7) is 6.16. The number of nitrogens with zero attached hydrogens (tertiary/aromatic N) is 1. The van der Waals surface area contributed by atoms with Crippen molar-refractivity contribution in [3.05, 3.63) is 29.7 Å². The summed E-state index contributed by atoms with van der Waals surface area (Å²) in [4.78, 5) is 25.5. The van der Waals surface area contributed by atoms with Gasteiger partial charge in [-0.05, 0) is 17.7 Å². The van der Waals surface area contributed by atoms with Crippen LogP contribution >= 0.6 is 0 Å². The van der Waals surface area contributed by atoms with Gasteiger partial charge in [-0.15, -0.1) is 0 Å². The van der Waals surface area contributed by atoms with Gasteiger partial charge in [0.25, 0.3) is 5.91 Å². The highest BCUT2D eigenvalue weighted by Crippen LogP contribution is 2.26. The van der Waals surface area contributed by atoms with Crippen LogP contribution in [0.25, 0.3) is 11.1 Å². The fourth-order valence-electron chi connectivity index (χ4n) is 1.91. The predicted octanol–water partition coefficient (Wildman–Crippen LogP) is 1.73. The van der Waals surface area contributed by atoms with Crippen LogP contribution in [0.3, 0.4) is 0 Å². The van der Waals surface area contributed by atoms with E-state index in [2.05, 4.69) is 10.3 Å². The average molecular weight is 260 g/mol. The number of fused-ring (bicyclic) bond motifs is 1. The molecular weight excluding hydrogens is 244 g/mol.